The molecule has 1 saturated carbocycles. The second kappa shape index (κ2) is 6.50. The molecule has 18 heavy (non-hydrogen) atoms. The van der Waals surface area contributed by atoms with Crippen LogP contribution in [0.3, 0.4) is 0 Å². The maximum Gasteiger partial charge on any atom is 0.166 e. The molecule has 2 rings (SSSR count). The van der Waals surface area contributed by atoms with E-state index in [9.17, 15) is 4.39 Å². The minimum absolute atomic E-state index is 0.278. The van der Waals surface area contributed by atoms with Gasteiger partial charge in [0, 0.05) is 16.7 Å². The Bertz CT molecular complexity index is 389. The van der Waals surface area contributed by atoms with Gasteiger partial charge in [-0.1, -0.05) is 19.8 Å². The highest BCUT2D eigenvalue weighted by molar-refractivity contribution is 9.10. The van der Waals surface area contributed by atoms with E-state index in [4.69, 9.17) is 0 Å². The molecule has 0 amide bonds. The summed E-state index contributed by atoms with van der Waals surface area (Å²) in [5.41, 5.74) is 0. The van der Waals surface area contributed by atoms with Crippen LogP contribution >= 0.6 is 15.9 Å². The van der Waals surface area contributed by atoms with Crippen LogP contribution in [-0.2, 0) is 0 Å². The fourth-order valence-electron chi connectivity index (χ4n) is 2.72. The van der Waals surface area contributed by atoms with Gasteiger partial charge in [-0.2, -0.15) is 0 Å². The number of nitrogens with one attached hydrogen (secondary N) is 1. The summed E-state index contributed by atoms with van der Waals surface area (Å²) in [6.07, 6.45) is 8.99. The molecule has 100 valence electrons. The number of rotatable bonds is 4. The van der Waals surface area contributed by atoms with E-state index in [1.54, 1.807) is 6.20 Å². The van der Waals surface area contributed by atoms with Crippen LogP contribution in [0, 0.1) is 11.7 Å². The number of hydrogen-bond acceptors (Lipinski definition) is 2. The number of hydrogen-bond donors (Lipinski definition) is 1. The molecule has 0 spiro atoms. The lowest BCUT2D eigenvalue weighted by Crippen LogP contribution is -2.27. The quantitative estimate of drug-likeness (QED) is 0.867. The van der Waals surface area contributed by atoms with Crippen LogP contribution < -0.4 is 5.32 Å². The fraction of sp³-hybridized carbons (Fsp3) is 0.643. The van der Waals surface area contributed by atoms with Crippen LogP contribution in [0.5, 0.6) is 0 Å². The van der Waals surface area contributed by atoms with Gasteiger partial charge in [0.2, 0.25) is 0 Å². The average molecular weight is 315 g/mol. The molecule has 1 heterocycles. The Morgan fingerprint density at radius 2 is 2.11 bits per heavy atom. The first-order valence-electron chi connectivity index (χ1n) is 6.76. The van der Waals surface area contributed by atoms with Crippen LogP contribution in [0.25, 0.3) is 0 Å². The Hall–Kier alpha value is -0.640. The highest BCUT2D eigenvalue weighted by Gasteiger charge is 2.21. The molecule has 1 aromatic heterocycles. The first-order chi connectivity index (χ1) is 8.69. The maximum absolute atomic E-state index is 13.6. The Balaban J connectivity index is 1.87. The molecule has 0 aliphatic heterocycles. The standard InChI is InChI=1S/C14H20BrFN2/c1-2-3-10-4-6-12(7-5-10)18-14-13(16)8-11(15)9-17-14/h8-10,12H,2-7H2,1H3,(H,17,18). The molecule has 1 aliphatic carbocycles. The van der Waals surface area contributed by atoms with E-state index in [1.807, 2.05) is 0 Å². The van der Waals surface area contributed by atoms with Crippen molar-refractivity contribution in [2.75, 3.05) is 5.32 Å². The minimum Gasteiger partial charge on any atom is -0.365 e. The van der Waals surface area contributed by atoms with Gasteiger partial charge >= 0.3 is 0 Å². The third kappa shape index (κ3) is 3.67. The van der Waals surface area contributed by atoms with E-state index in [-0.39, 0.29) is 5.82 Å². The van der Waals surface area contributed by atoms with Crippen molar-refractivity contribution in [2.45, 2.75) is 51.5 Å². The van der Waals surface area contributed by atoms with Gasteiger partial charge < -0.3 is 5.32 Å². The van der Waals surface area contributed by atoms with Gasteiger partial charge in [0.15, 0.2) is 11.6 Å². The molecule has 1 N–H and O–H groups in total. The first kappa shape index (κ1) is 13.8. The van der Waals surface area contributed by atoms with Gasteiger partial charge in [0.25, 0.3) is 0 Å². The van der Waals surface area contributed by atoms with Gasteiger partial charge in [0.05, 0.1) is 0 Å². The predicted octanol–water partition coefficient (Wildman–Crippen LogP) is 4.75. The van der Waals surface area contributed by atoms with E-state index in [0.29, 0.717) is 16.3 Å². The third-order valence-electron chi connectivity index (χ3n) is 3.69. The Morgan fingerprint density at radius 3 is 2.72 bits per heavy atom. The second-order valence-electron chi connectivity index (χ2n) is 5.13. The van der Waals surface area contributed by atoms with Crippen molar-refractivity contribution < 1.29 is 4.39 Å². The van der Waals surface area contributed by atoms with Crippen LogP contribution in [0.4, 0.5) is 10.2 Å². The zero-order valence-electron chi connectivity index (χ0n) is 10.8. The van der Waals surface area contributed by atoms with Gasteiger partial charge in [-0.3, -0.25) is 0 Å². The lowest BCUT2D eigenvalue weighted by Gasteiger charge is -2.29. The van der Waals surface area contributed by atoms with Crippen molar-refractivity contribution in [2.24, 2.45) is 5.92 Å². The van der Waals surface area contributed by atoms with Crippen LogP contribution in [0.2, 0.25) is 0 Å². The largest absolute Gasteiger partial charge is 0.365 e. The molecule has 0 atom stereocenters. The van der Waals surface area contributed by atoms with Gasteiger partial charge in [-0.05, 0) is 53.6 Å². The molecule has 0 bridgehead atoms. The van der Waals surface area contributed by atoms with Crippen molar-refractivity contribution in [1.82, 2.24) is 4.98 Å². The summed E-state index contributed by atoms with van der Waals surface area (Å²) >= 11 is 3.22. The minimum atomic E-state index is -0.278. The van der Waals surface area contributed by atoms with E-state index in [2.05, 4.69) is 33.2 Å². The lowest BCUT2D eigenvalue weighted by molar-refractivity contribution is 0.318. The zero-order chi connectivity index (χ0) is 13.0. The smallest absolute Gasteiger partial charge is 0.166 e. The molecule has 0 aromatic carbocycles. The monoisotopic (exact) mass is 314 g/mol. The van der Waals surface area contributed by atoms with E-state index < -0.39 is 0 Å². The van der Waals surface area contributed by atoms with Crippen LogP contribution in [0.15, 0.2) is 16.7 Å². The van der Waals surface area contributed by atoms with E-state index >= 15 is 0 Å². The number of halogens is 2. The highest BCUT2D eigenvalue weighted by atomic mass is 79.9. The van der Waals surface area contributed by atoms with E-state index in [0.717, 1.165) is 18.8 Å². The first-order valence-corrected chi connectivity index (χ1v) is 7.56. The maximum atomic E-state index is 13.6. The highest BCUT2D eigenvalue weighted by Crippen LogP contribution is 2.29. The Kier molecular flexibility index (Phi) is 4.98. The zero-order valence-corrected chi connectivity index (χ0v) is 12.3. The third-order valence-corrected chi connectivity index (χ3v) is 4.13. The molecule has 4 heteroatoms. The summed E-state index contributed by atoms with van der Waals surface area (Å²) in [6.45, 7) is 2.24. The van der Waals surface area contributed by atoms with Crippen molar-refractivity contribution in [3.05, 3.63) is 22.6 Å². The summed E-state index contributed by atoms with van der Waals surface area (Å²) in [5.74, 6) is 0.980. The van der Waals surface area contributed by atoms with Crippen molar-refractivity contribution in [3.8, 4) is 0 Å². The SMILES string of the molecule is CCCC1CCC(Nc2ncc(Br)cc2F)CC1. The molecular weight excluding hydrogens is 295 g/mol. The molecule has 0 saturated heterocycles. The van der Waals surface area contributed by atoms with Crippen molar-refractivity contribution in [3.63, 3.8) is 0 Å². The topological polar surface area (TPSA) is 24.9 Å². The molecule has 1 aliphatic rings. The molecule has 0 radical (unpaired) electrons. The second-order valence-corrected chi connectivity index (χ2v) is 6.05. The molecule has 1 fully saturated rings. The lowest BCUT2D eigenvalue weighted by atomic mass is 9.83. The van der Waals surface area contributed by atoms with Crippen molar-refractivity contribution >= 4 is 21.7 Å². The van der Waals surface area contributed by atoms with Gasteiger partial charge in [-0.25, -0.2) is 9.37 Å². The van der Waals surface area contributed by atoms with E-state index in [1.165, 1.54) is 31.7 Å². The summed E-state index contributed by atoms with van der Waals surface area (Å²) in [4.78, 5) is 4.09. The summed E-state index contributed by atoms with van der Waals surface area (Å²) in [7, 11) is 0. The van der Waals surface area contributed by atoms with Crippen molar-refractivity contribution in [1.29, 1.82) is 0 Å². The fourth-order valence-corrected chi connectivity index (χ4v) is 3.02. The number of pyridine rings is 1. The summed E-state index contributed by atoms with van der Waals surface area (Å²) < 4.78 is 14.3. The Labute approximate surface area is 117 Å². The molecule has 2 nitrogen and oxygen atoms in total. The normalized spacial score (nSPS) is 23.9. The number of nitrogens with zero attached hydrogens (tertiary/aromatic N) is 1. The van der Waals surface area contributed by atoms with Gasteiger partial charge in [0.1, 0.15) is 0 Å². The summed E-state index contributed by atoms with van der Waals surface area (Å²) in [6, 6.07) is 1.83. The molecule has 1 aromatic rings. The van der Waals surface area contributed by atoms with Crippen LogP contribution in [-0.4, -0.2) is 11.0 Å². The number of anilines is 1. The average Bonchev–Trinajstić information content (AvgIpc) is 2.35. The number of aromatic nitrogens is 1. The Morgan fingerprint density at radius 1 is 1.39 bits per heavy atom. The van der Waals surface area contributed by atoms with Crippen LogP contribution in [0.1, 0.15) is 45.4 Å². The molecular formula is C14H20BrFN2. The summed E-state index contributed by atoms with van der Waals surface area (Å²) in [5, 5.41) is 3.23. The predicted molar refractivity (Wildman–Crippen MR) is 76.2 cm³/mol. The van der Waals surface area contributed by atoms with Gasteiger partial charge in [-0.15, -0.1) is 0 Å². The molecule has 0 unspecified atom stereocenters.